The van der Waals surface area contributed by atoms with Gasteiger partial charge in [0.25, 0.3) is 11.8 Å². The summed E-state index contributed by atoms with van der Waals surface area (Å²) in [5.74, 6) is -0.111. The number of para-hydroxylation sites is 1. The van der Waals surface area contributed by atoms with E-state index in [0.717, 1.165) is 64.5 Å². The first-order valence-electron chi connectivity index (χ1n) is 14.3. The Kier molecular flexibility index (Phi) is 8.65. The van der Waals surface area contributed by atoms with Crippen LogP contribution in [0.25, 0.3) is 0 Å². The van der Waals surface area contributed by atoms with Crippen LogP contribution >= 0.6 is 0 Å². The molecule has 1 aromatic carbocycles. The van der Waals surface area contributed by atoms with E-state index in [1.54, 1.807) is 18.2 Å². The minimum Gasteiger partial charge on any atom is -0.494 e. The van der Waals surface area contributed by atoms with Crippen molar-refractivity contribution in [1.82, 2.24) is 25.7 Å². The highest BCUT2D eigenvalue weighted by atomic mass is 16.5. The molecule has 4 amide bonds. The van der Waals surface area contributed by atoms with Crippen LogP contribution in [0.4, 0.5) is 17.2 Å². The van der Waals surface area contributed by atoms with Gasteiger partial charge in [0.1, 0.15) is 0 Å². The van der Waals surface area contributed by atoms with Gasteiger partial charge >= 0.3 is 0 Å². The monoisotopic (exact) mass is 563 g/mol. The zero-order chi connectivity index (χ0) is 28.9. The Balaban J connectivity index is 1.29. The van der Waals surface area contributed by atoms with Crippen molar-refractivity contribution in [2.24, 2.45) is 11.8 Å². The maximum atomic E-state index is 13.4. The summed E-state index contributed by atoms with van der Waals surface area (Å²) >= 11 is 0. The van der Waals surface area contributed by atoms with Crippen molar-refractivity contribution >= 4 is 40.8 Å². The standard InChI is InChI=1S/C29H37N7O5/c1-30-28(39)24-22(16-23(34-35-24)33-26(37)17-8-9-17)32-21-7-5-6-20(25(21)41-2)27(38)31-19-12-10-18(11-13-19)29(40)36-14-3-4-15-36/h5-7,16-19H,3-4,8-15H2,1-2H3,(H,30,39)(H,31,38)(H2,32,33,34,37). The Labute approximate surface area is 239 Å². The summed E-state index contributed by atoms with van der Waals surface area (Å²) < 4.78 is 5.65. The van der Waals surface area contributed by atoms with E-state index in [9.17, 15) is 19.2 Å². The van der Waals surface area contributed by atoms with Crippen molar-refractivity contribution in [2.75, 3.05) is 37.9 Å². The molecule has 3 aliphatic rings. The second-order valence-electron chi connectivity index (χ2n) is 10.9. The number of anilines is 3. The first-order valence-corrected chi connectivity index (χ1v) is 14.3. The number of benzene rings is 1. The number of nitrogens with zero attached hydrogens (tertiary/aromatic N) is 3. The average molecular weight is 564 g/mol. The maximum absolute atomic E-state index is 13.4. The lowest BCUT2D eigenvalue weighted by molar-refractivity contribution is -0.135. The van der Waals surface area contributed by atoms with Crippen LogP contribution in [0.5, 0.6) is 5.75 Å². The van der Waals surface area contributed by atoms with Gasteiger partial charge < -0.3 is 30.9 Å². The zero-order valence-corrected chi connectivity index (χ0v) is 23.5. The fourth-order valence-electron chi connectivity index (χ4n) is 5.53. The summed E-state index contributed by atoms with van der Waals surface area (Å²) in [6, 6.07) is 6.62. The number of hydrogen-bond acceptors (Lipinski definition) is 8. The Morgan fingerprint density at radius 1 is 0.902 bits per heavy atom. The number of amides is 4. The Morgan fingerprint density at radius 2 is 1.61 bits per heavy atom. The molecule has 0 spiro atoms. The second-order valence-corrected chi connectivity index (χ2v) is 10.9. The van der Waals surface area contributed by atoms with Gasteiger partial charge in [-0.1, -0.05) is 6.07 Å². The third-order valence-electron chi connectivity index (χ3n) is 8.00. The molecule has 2 aromatic rings. The van der Waals surface area contributed by atoms with E-state index in [4.69, 9.17) is 4.74 Å². The predicted octanol–water partition coefficient (Wildman–Crippen LogP) is 2.85. The molecular weight excluding hydrogens is 526 g/mol. The van der Waals surface area contributed by atoms with Crippen LogP contribution < -0.4 is 26.0 Å². The fourth-order valence-corrected chi connectivity index (χ4v) is 5.53. The minimum absolute atomic E-state index is 0.0223. The number of methoxy groups -OCH3 is 1. The van der Waals surface area contributed by atoms with Crippen molar-refractivity contribution < 1.29 is 23.9 Å². The normalized spacial score (nSPS) is 20.2. The maximum Gasteiger partial charge on any atom is 0.273 e. The molecular formula is C29H37N7O5. The van der Waals surface area contributed by atoms with E-state index in [0.29, 0.717) is 22.7 Å². The highest BCUT2D eigenvalue weighted by Crippen LogP contribution is 2.34. The summed E-state index contributed by atoms with van der Waals surface area (Å²) in [5.41, 5.74) is 1.09. The molecule has 0 atom stereocenters. The number of nitrogens with one attached hydrogen (secondary N) is 4. The van der Waals surface area contributed by atoms with Crippen LogP contribution in [-0.2, 0) is 9.59 Å². The molecule has 12 heteroatoms. The van der Waals surface area contributed by atoms with Gasteiger partial charge in [-0.3, -0.25) is 19.2 Å². The van der Waals surface area contributed by atoms with Crippen LogP contribution in [0.1, 0.15) is 72.2 Å². The summed E-state index contributed by atoms with van der Waals surface area (Å²) in [4.78, 5) is 52.9. The van der Waals surface area contributed by atoms with Gasteiger partial charge in [0.2, 0.25) is 11.8 Å². The van der Waals surface area contributed by atoms with Crippen molar-refractivity contribution in [3.05, 3.63) is 35.5 Å². The molecule has 41 heavy (non-hydrogen) atoms. The van der Waals surface area contributed by atoms with Crippen LogP contribution in [0.2, 0.25) is 0 Å². The molecule has 0 radical (unpaired) electrons. The number of rotatable bonds is 9. The summed E-state index contributed by atoms with van der Waals surface area (Å²) in [6.45, 7) is 1.71. The van der Waals surface area contributed by atoms with Crippen LogP contribution in [0.15, 0.2) is 24.3 Å². The predicted molar refractivity (Wildman–Crippen MR) is 152 cm³/mol. The van der Waals surface area contributed by atoms with E-state index >= 15 is 0 Å². The Bertz CT molecular complexity index is 1310. The van der Waals surface area contributed by atoms with E-state index < -0.39 is 5.91 Å². The van der Waals surface area contributed by atoms with Gasteiger partial charge in [0, 0.05) is 44.1 Å². The molecule has 1 saturated heterocycles. The Hall–Kier alpha value is -4.22. The van der Waals surface area contributed by atoms with Crippen molar-refractivity contribution in [2.45, 2.75) is 57.4 Å². The van der Waals surface area contributed by atoms with Crippen LogP contribution in [0.3, 0.4) is 0 Å². The van der Waals surface area contributed by atoms with Crippen molar-refractivity contribution in [1.29, 1.82) is 0 Å². The molecule has 3 fully saturated rings. The van der Waals surface area contributed by atoms with Crippen LogP contribution in [0, 0.1) is 11.8 Å². The highest BCUT2D eigenvalue weighted by Gasteiger charge is 2.32. The smallest absolute Gasteiger partial charge is 0.273 e. The molecule has 0 unspecified atom stereocenters. The van der Waals surface area contributed by atoms with E-state index in [1.165, 1.54) is 20.2 Å². The second kappa shape index (κ2) is 12.5. The highest BCUT2D eigenvalue weighted by molar-refractivity contribution is 6.02. The van der Waals surface area contributed by atoms with Crippen LogP contribution in [-0.4, -0.2) is 72.0 Å². The molecule has 218 valence electrons. The molecule has 1 aromatic heterocycles. The third-order valence-corrected chi connectivity index (χ3v) is 8.00. The van der Waals surface area contributed by atoms with Gasteiger partial charge in [-0.05, 0) is 63.5 Å². The molecule has 2 aliphatic carbocycles. The number of carbonyl (C=O) groups is 4. The molecule has 12 nitrogen and oxygen atoms in total. The molecule has 5 rings (SSSR count). The van der Waals surface area contributed by atoms with E-state index in [-0.39, 0.29) is 47.1 Å². The summed E-state index contributed by atoms with van der Waals surface area (Å²) in [7, 11) is 2.95. The van der Waals surface area contributed by atoms with Gasteiger partial charge in [0.05, 0.1) is 24.0 Å². The number of carbonyl (C=O) groups excluding carboxylic acids is 4. The van der Waals surface area contributed by atoms with E-state index in [2.05, 4.69) is 31.5 Å². The lowest BCUT2D eigenvalue weighted by Gasteiger charge is -2.31. The summed E-state index contributed by atoms with van der Waals surface area (Å²) in [6.07, 6.45) is 6.83. The quantitative estimate of drug-likeness (QED) is 0.363. The Morgan fingerprint density at radius 3 is 2.27 bits per heavy atom. The van der Waals surface area contributed by atoms with Gasteiger partial charge in [0.15, 0.2) is 17.3 Å². The topological polar surface area (TPSA) is 155 Å². The van der Waals surface area contributed by atoms with Gasteiger partial charge in [-0.25, -0.2) is 0 Å². The van der Waals surface area contributed by atoms with E-state index in [1.807, 2.05) is 4.90 Å². The first-order chi connectivity index (χ1) is 19.9. The lowest BCUT2D eigenvalue weighted by atomic mass is 9.85. The average Bonchev–Trinajstić information content (AvgIpc) is 3.70. The third kappa shape index (κ3) is 6.58. The molecule has 2 saturated carbocycles. The number of likely N-dealkylation sites (tertiary alicyclic amines) is 1. The van der Waals surface area contributed by atoms with Gasteiger partial charge in [-0.2, -0.15) is 0 Å². The lowest BCUT2D eigenvalue weighted by Crippen LogP contribution is -2.41. The number of ether oxygens (including phenoxy) is 1. The minimum atomic E-state index is -0.466. The van der Waals surface area contributed by atoms with Crippen molar-refractivity contribution in [3.63, 3.8) is 0 Å². The number of hydrogen-bond donors (Lipinski definition) is 4. The largest absolute Gasteiger partial charge is 0.494 e. The first kappa shape index (κ1) is 28.3. The number of aromatic nitrogens is 2. The van der Waals surface area contributed by atoms with Crippen molar-refractivity contribution in [3.8, 4) is 5.75 Å². The fraction of sp³-hybridized carbons (Fsp3) is 0.517. The SMILES string of the molecule is CNC(=O)c1nnc(NC(=O)C2CC2)cc1Nc1cccc(C(=O)NC2CCC(C(=O)N3CCCC3)CC2)c1OC. The molecule has 2 heterocycles. The zero-order valence-electron chi connectivity index (χ0n) is 23.5. The molecule has 0 bridgehead atoms. The van der Waals surface area contributed by atoms with Gasteiger partial charge in [-0.15, -0.1) is 10.2 Å². The molecule has 4 N–H and O–H groups in total. The molecule has 1 aliphatic heterocycles. The summed E-state index contributed by atoms with van der Waals surface area (Å²) in [5, 5.41) is 19.6.